The van der Waals surface area contributed by atoms with E-state index in [2.05, 4.69) is 4.98 Å². The highest BCUT2D eigenvalue weighted by Gasteiger charge is 2.41. The molecule has 2 heterocycles. The van der Waals surface area contributed by atoms with E-state index < -0.39 is 23.7 Å². The molecule has 1 aliphatic rings. The summed E-state index contributed by atoms with van der Waals surface area (Å²) in [5.74, 6) is -2.21. The number of benzene rings is 1. The van der Waals surface area contributed by atoms with E-state index >= 15 is 0 Å². The molecule has 0 radical (unpaired) electrons. The standard InChI is InChI=1S/C18H17FN2O3/c19-13-6-4-12(5-7-13)17-15(18(23)24)8-10-21(17)16(22)11-14-3-1-2-9-20-14/h1-7,9,15,17H,8,10-11H2,(H,23,24)/t15-,17-/m1/s1. The van der Waals surface area contributed by atoms with Gasteiger partial charge < -0.3 is 10.0 Å². The Kier molecular flexibility index (Phi) is 4.55. The van der Waals surface area contributed by atoms with Gasteiger partial charge in [0.15, 0.2) is 0 Å². The number of carbonyl (C=O) groups is 2. The van der Waals surface area contributed by atoms with Crippen LogP contribution in [0.4, 0.5) is 4.39 Å². The number of aliphatic carboxylic acids is 1. The van der Waals surface area contributed by atoms with Crippen molar-refractivity contribution in [1.82, 2.24) is 9.88 Å². The molecule has 24 heavy (non-hydrogen) atoms. The summed E-state index contributed by atoms with van der Waals surface area (Å²) in [6, 6.07) is 10.4. The van der Waals surface area contributed by atoms with E-state index in [1.807, 2.05) is 0 Å². The summed E-state index contributed by atoms with van der Waals surface area (Å²) < 4.78 is 13.2. The number of nitrogens with zero attached hydrogens (tertiary/aromatic N) is 2. The Hall–Kier alpha value is -2.76. The van der Waals surface area contributed by atoms with Crippen LogP contribution in [0.2, 0.25) is 0 Å². The van der Waals surface area contributed by atoms with E-state index in [1.54, 1.807) is 41.4 Å². The molecule has 1 fully saturated rings. The van der Waals surface area contributed by atoms with Crippen molar-refractivity contribution in [2.75, 3.05) is 6.54 Å². The van der Waals surface area contributed by atoms with Gasteiger partial charge in [-0.25, -0.2) is 4.39 Å². The number of pyridine rings is 1. The number of carboxylic acid groups (broad SMARTS) is 1. The first-order valence-electron chi connectivity index (χ1n) is 7.74. The van der Waals surface area contributed by atoms with Crippen LogP contribution >= 0.6 is 0 Å². The van der Waals surface area contributed by atoms with Gasteiger partial charge in [-0.05, 0) is 36.2 Å². The lowest BCUT2D eigenvalue weighted by Gasteiger charge is -2.27. The summed E-state index contributed by atoms with van der Waals surface area (Å²) in [5, 5.41) is 9.46. The molecule has 6 heteroatoms. The summed E-state index contributed by atoms with van der Waals surface area (Å²) in [6.07, 6.45) is 2.11. The fraction of sp³-hybridized carbons (Fsp3) is 0.278. The maximum absolute atomic E-state index is 13.2. The maximum atomic E-state index is 13.2. The molecular weight excluding hydrogens is 311 g/mol. The molecule has 0 bridgehead atoms. The van der Waals surface area contributed by atoms with Crippen molar-refractivity contribution in [3.05, 3.63) is 65.7 Å². The average molecular weight is 328 g/mol. The Morgan fingerprint density at radius 2 is 1.96 bits per heavy atom. The van der Waals surface area contributed by atoms with Crippen LogP contribution in [-0.2, 0) is 16.0 Å². The third kappa shape index (κ3) is 3.27. The number of carboxylic acids is 1. The average Bonchev–Trinajstić information content (AvgIpc) is 3.02. The Balaban J connectivity index is 1.86. The molecule has 1 amide bonds. The lowest BCUT2D eigenvalue weighted by Crippen LogP contribution is -2.34. The van der Waals surface area contributed by atoms with Crippen LogP contribution in [0.1, 0.15) is 23.7 Å². The van der Waals surface area contributed by atoms with Crippen molar-refractivity contribution < 1.29 is 19.1 Å². The molecular formula is C18H17FN2O3. The molecule has 0 aliphatic carbocycles. The van der Waals surface area contributed by atoms with E-state index in [1.165, 1.54) is 12.1 Å². The zero-order chi connectivity index (χ0) is 17.1. The fourth-order valence-electron chi connectivity index (χ4n) is 3.16. The van der Waals surface area contributed by atoms with Gasteiger partial charge in [-0.3, -0.25) is 14.6 Å². The first-order chi connectivity index (χ1) is 11.6. The molecule has 3 rings (SSSR count). The molecule has 5 nitrogen and oxygen atoms in total. The maximum Gasteiger partial charge on any atom is 0.309 e. The number of rotatable bonds is 4. The van der Waals surface area contributed by atoms with Crippen molar-refractivity contribution in [3.8, 4) is 0 Å². The number of likely N-dealkylation sites (tertiary alicyclic amines) is 1. The van der Waals surface area contributed by atoms with E-state index in [0.717, 1.165) is 0 Å². The monoisotopic (exact) mass is 328 g/mol. The normalized spacial score (nSPS) is 20.1. The van der Waals surface area contributed by atoms with Gasteiger partial charge in [-0.2, -0.15) is 0 Å². The minimum atomic E-state index is -0.947. The van der Waals surface area contributed by atoms with E-state index in [-0.39, 0.29) is 12.3 Å². The zero-order valence-corrected chi connectivity index (χ0v) is 12.9. The molecule has 1 N–H and O–H groups in total. The molecule has 1 aromatic carbocycles. The van der Waals surface area contributed by atoms with Crippen molar-refractivity contribution in [2.24, 2.45) is 5.92 Å². The number of aromatic nitrogens is 1. The largest absolute Gasteiger partial charge is 0.481 e. The van der Waals surface area contributed by atoms with Crippen LogP contribution in [-0.4, -0.2) is 33.4 Å². The quantitative estimate of drug-likeness (QED) is 0.936. The zero-order valence-electron chi connectivity index (χ0n) is 12.9. The van der Waals surface area contributed by atoms with Crippen molar-refractivity contribution in [3.63, 3.8) is 0 Å². The highest BCUT2D eigenvalue weighted by atomic mass is 19.1. The summed E-state index contributed by atoms with van der Waals surface area (Å²) in [6.45, 7) is 0.366. The summed E-state index contributed by atoms with van der Waals surface area (Å²) in [7, 11) is 0. The summed E-state index contributed by atoms with van der Waals surface area (Å²) in [4.78, 5) is 29.9. The third-order valence-electron chi connectivity index (χ3n) is 4.31. The highest BCUT2D eigenvalue weighted by molar-refractivity contribution is 5.81. The molecule has 1 aromatic heterocycles. The van der Waals surface area contributed by atoms with Gasteiger partial charge in [-0.1, -0.05) is 18.2 Å². The lowest BCUT2D eigenvalue weighted by molar-refractivity contribution is -0.143. The number of hydrogen-bond donors (Lipinski definition) is 1. The van der Waals surface area contributed by atoms with Gasteiger partial charge in [0.2, 0.25) is 5.91 Å². The minimum absolute atomic E-state index is 0.116. The minimum Gasteiger partial charge on any atom is -0.481 e. The second kappa shape index (κ2) is 6.78. The number of hydrogen-bond acceptors (Lipinski definition) is 3. The number of halogens is 1. The molecule has 1 aliphatic heterocycles. The van der Waals surface area contributed by atoms with Crippen LogP contribution in [0.25, 0.3) is 0 Å². The molecule has 0 saturated carbocycles. The highest BCUT2D eigenvalue weighted by Crippen LogP contribution is 2.37. The molecule has 124 valence electrons. The third-order valence-corrected chi connectivity index (χ3v) is 4.31. The van der Waals surface area contributed by atoms with Gasteiger partial charge in [0, 0.05) is 18.4 Å². The molecule has 0 spiro atoms. The fourth-order valence-corrected chi connectivity index (χ4v) is 3.16. The van der Waals surface area contributed by atoms with Crippen LogP contribution in [0.3, 0.4) is 0 Å². The molecule has 1 saturated heterocycles. The van der Waals surface area contributed by atoms with Crippen molar-refractivity contribution in [2.45, 2.75) is 18.9 Å². The number of carbonyl (C=O) groups excluding carboxylic acids is 1. The predicted molar refractivity (Wildman–Crippen MR) is 84.5 cm³/mol. The van der Waals surface area contributed by atoms with Crippen LogP contribution in [0, 0.1) is 11.7 Å². The van der Waals surface area contributed by atoms with Crippen LogP contribution in [0.5, 0.6) is 0 Å². The predicted octanol–water partition coefficient (Wildman–Crippen LogP) is 2.44. The second-order valence-corrected chi connectivity index (χ2v) is 5.81. The molecule has 0 unspecified atom stereocenters. The van der Waals surface area contributed by atoms with E-state index in [0.29, 0.717) is 24.2 Å². The Labute approximate surface area is 138 Å². The Bertz CT molecular complexity index is 734. The lowest BCUT2D eigenvalue weighted by atomic mass is 9.93. The Morgan fingerprint density at radius 1 is 1.21 bits per heavy atom. The Morgan fingerprint density at radius 3 is 2.58 bits per heavy atom. The van der Waals surface area contributed by atoms with Gasteiger partial charge in [0.1, 0.15) is 5.82 Å². The first-order valence-corrected chi connectivity index (χ1v) is 7.74. The SMILES string of the molecule is O=C(O)[C@@H]1CCN(C(=O)Cc2ccccn2)[C@@H]1c1ccc(F)cc1. The van der Waals surface area contributed by atoms with Crippen molar-refractivity contribution in [1.29, 1.82) is 0 Å². The van der Waals surface area contributed by atoms with Crippen LogP contribution < -0.4 is 0 Å². The first kappa shape index (κ1) is 16.1. The van der Waals surface area contributed by atoms with Gasteiger partial charge in [-0.15, -0.1) is 0 Å². The number of amides is 1. The summed E-state index contributed by atoms with van der Waals surface area (Å²) in [5.41, 5.74) is 1.27. The van der Waals surface area contributed by atoms with Gasteiger partial charge in [0.25, 0.3) is 0 Å². The van der Waals surface area contributed by atoms with Crippen LogP contribution in [0.15, 0.2) is 48.7 Å². The van der Waals surface area contributed by atoms with E-state index in [4.69, 9.17) is 0 Å². The van der Waals surface area contributed by atoms with Gasteiger partial charge >= 0.3 is 5.97 Å². The van der Waals surface area contributed by atoms with Gasteiger partial charge in [0.05, 0.1) is 18.4 Å². The van der Waals surface area contributed by atoms with Crippen molar-refractivity contribution >= 4 is 11.9 Å². The topological polar surface area (TPSA) is 70.5 Å². The second-order valence-electron chi connectivity index (χ2n) is 5.81. The molecule has 2 atom stereocenters. The van der Waals surface area contributed by atoms with E-state index in [9.17, 15) is 19.1 Å². The summed E-state index contributed by atoms with van der Waals surface area (Å²) >= 11 is 0. The smallest absolute Gasteiger partial charge is 0.309 e. The molecule has 2 aromatic rings.